The maximum atomic E-state index is 11.5. The van der Waals surface area contributed by atoms with Gasteiger partial charge in [-0.15, -0.1) is 0 Å². The van der Waals surface area contributed by atoms with Gasteiger partial charge in [0.2, 0.25) is 5.91 Å². The molecule has 0 spiro atoms. The van der Waals surface area contributed by atoms with Crippen molar-refractivity contribution in [2.45, 2.75) is 32.4 Å². The molecule has 4 N–H and O–H groups in total. The summed E-state index contributed by atoms with van der Waals surface area (Å²) in [5, 5.41) is 5.65. The number of hydrogen-bond acceptors (Lipinski definition) is 4. The van der Waals surface area contributed by atoms with Crippen LogP contribution in [0, 0.1) is 0 Å². The van der Waals surface area contributed by atoms with Gasteiger partial charge in [0.1, 0.15) is 0 Å². The summed E-state index contributed by atoms with van der Waals surface area (Å²) in [6.07, 6.45) is 0. The third kappa shape index (κ3) is 3.85. The van der Waals surface area contributed by atoms with Crippen molar-refractivity contribution in [3.8, 4) is 0 Å². The molecule has 0 saturated heterocycles. The molecule has 14 heavy (non-hydrogen) atoms. The van der Waals surface area contributed by atoms with E-state index in [9.17, 15) is 9.59 Å². The maximum Gasteiger partial charge on any atom is 0.234 e. The minimum atomic E-state index is -0.739. The van der Waals surface area contributed by atoms with Crippen LogP contribution in [0.4, 0.5) is 0 Å². The number of primary amides is 1. The van der Waals surface area contributed by atoms with Crippen molar-refractivity contribution < 1.29 is 9.59 Å². The molecule has 82 valence electrons. The molecule has 0 rings (SSSR count). The van der Waals surface area contributed by atoms with E-state index >= 15 is 0 Å². The molecule has 0 radical (unpaired) electrons. The molecule has 0 aromatic rings. The number of nitrogens with two attached hydrogens (primary N) is 1. The van der Waals surface area contributed by atoms with Gasteiger partial charge in [0.05, 0.1) is 18.1 Å². The number of amides is 1. The topological polar surface area (TPSA) is 84.2 Å². The van der Waals surface area contributed by atoms with Crippen molar-refractivity contribution in [2.24, 2.45) is 5.73 Å². The van der Waals surface area contributed by atoms with E-state index < -0.39 is 17.5 Å². The van der Waals surface area contributed by atoms with Crippen molar-refractivity contribution in [3.63, 3.8) is 0 Å². The van der Waals surface area contributed by atoms with E-state index in [0.29, 0.717) is 0 Å². The fourth-order valence-electron chi connectivity index (χ4n) is 1.07. The Morgan fingerprint density at radius 1 is 1.43 bits per heavy atom. The minimum Gasteiger partial charge on any atom is -0.368 e. The Hall–Kier alpha value is -0.940. The molecule has 5 heteroatoms. The van der Waals surface area contributed by atoms with Gasteiger partial charge in [0.25, 0.3) is 0 Å². The molecule has 0 aliphatic carbocycles. The normalized spacial score (nSPS) is 13.7. The summed E-state index contributed by atoms with van der Waals surface area (Å²) in [6, 6.07) is -0.509. The zero-order chi connectivity index (χ0) is 11.4. The minimum absolute atomic E-state index is 0.00639. The number of nitrogens with one attached hydrogen (secondary N) is 2. The van der Waals surface area contributed by atoms with Crippen LogP contribution in [0.15, 0.2) is 0 Å². The molecule has 5 nitrogen and oxygen atoms in total. The Labute approximate surface area is 84.4 Å². The van der Waals surface area contributed by atoms with Gasteiger partial charge in [-0.2, -0.15) is 0 Å². The SMILES string of the molecule is CNCC(=O)C(C)(C)NC(C)C(N)=O. The Bertz CT molecular complexity index is 226. The third-order valence-corrected chi connectivity index (χ3v) is 2.04. The zero-order valence-corrected chi connectivity index (χ0v) is 9.18. The maximum absolute atomic E-state index is 11.5. The van der Waals surface area contributed by atoms with E-state index in [0.717, 1.165) is 0 Å². The summed E-state index contributed by atoms with van der Waals surface area (Å²) in [4.78, 5) is 22.3. The Morgan fingerprint density at radius 2 is 1.93 bits per heavy atom. The quantitative estimate of drug-likeness (QED) is 0.515. The van der Waals surface area contributed by atoms with Gasteiger partial charge in [-0.25, -0.2) is 0 Å². The molecule has 0 aromatic heterocycles. The summed E-state index contributed by atoms with van der Waals surface area (Å²) in [5.41, 5.74) is 4.35. The highest BCUT2D eigenvalue weighted by Gasteiger charge is 2.29. The Kier molecular flexibility index (Phi) is 4.73. The van der Waals surface area contributed by atoms with Gasteiger partial charge >= 0.3 is 0 Å². The lowest BCUT2D eigenvalue weighted by atomic mass is 9.97. The highest BCUT2D eigenvalue weighted by atomic mass is 16.1. The van der Waals surface area contributed by atoms with E-state index in [-0.39, 0.29) is 12.3 Å². The summed E-state index contributed by atoms with van der Waals surface area (Å²) >= 11 is 0. The molecule has 1 atom stereocenters. The first-order chi connectivity index (χ1) is 6.31. The summed E-state index contributed by atoms with van der Waals surface area (Å²) < 4.78 is 0. The summed E-state index contributed by atoms with van der Waals surface area (Å²) in [7, 11) is 1.70. The monoisotopic (exact) mass is 201 g/mol. The Balaban J connectivity index is 4.32. The van der Waals surface area contributed by atoms with Crippen molar-refractivity contribution in [1.29, 1.82) is 0 Å². The van der Waals surface area contributed by atoms with Crippen LogP contribution < -0.4 is 16.4 Å². The lowest BCUT2D eigenvalue weighted by Gasteiger charge is -2.27. The van der Waals surface area contributed by atoms with Crippen LogP contribution in [0.5, 0.6) is 0 Å². The van der Waals surface area contributed by atoms with E-state index in [1.54, 1.807) is 27.8 Å². The molecular weight excluding hydrogens is 182 g/mol. The van der Waals surface area contributed by atoms with Gasteiger partial charge in [0, 0.05) is 0 Å². The zero-order valence-electron chi connectivity index (χ0n) is 9.18. The first-order valence-corrected chi connectivity index (χ1v) is 4.56. The highest BCUT2D eigenvalue weighted by Crippen LogP contribution is 2.04. The molecule has 0 fully saturated rings. The van der Waals surface area contributed by atoms with Gasteiger partial charge in [-0.05, 0) is 27.8 Å². The smallest absolute Gasteiger partial charge is 0.234 e. The lowest BCUT2D eigenvalue weighted by molar-refractivity contribution is -0.125. The van der Waals surface area contributed by atoms with E-state index in [1.165, 1.54) is 0 Å². The first kappa shape index (κ1) is 13.1. The van der Waals surface area contributed by atoms with Crippen LogP contribution in [0.3, 0.4) is 0 Å². The lowest BCUT2D eigenvalue weighted by Crippen LogP contribution is -2.56. The molecule has 1 unspecified atom stereocenters. The Morgan fingerprint density at radius 3 is 2.29 bits per heavy atom. The molecule has 1 amide bonds. The number of likely N-dealkylation sites (N-methyl/N-ethyl adjacent to an activating group) is 1. The van der Waals surface area contributed by atoms with Crippen molar-refractivity contribution in [3.05, 3.63) is 0 Å². The van der Waals surface area contributed by atoms with Crippen molar-refractivity contribution in [2.75, 3.05) is 13.6 Å². The van der Waals surface area contributed by atoms with Crippen LogP contribution in [0.25, 0.3) is 0 Å². The van der Waals surface area contributed by atoms with Crippen LogP contribution >= 0.6 is 0 Å². The average Bonchev–Trinajstić information content (AvgIpc) is 2.03. The van der Waals surface area contributed by atoms with Gasteiger partial charge in [-0.3, -0.25) is 14.9 Å². The molecule has 0 heterocycles. The van der Waals surface area contributed by atoms with E-state index in [1.807, 2.05) is 0 Å². The largest absolute Gasteiger partial charge is 0.368 e. The second-order valence-electron chi connectivity index (χ2n) is 3.85. The molecule has 0 saturated carbocycles. The highest BCUT2D eigenvalue weighted by molar-refractivity contribution is 5.90. The van der Waals surface area contributed by atoms with Gasteiger partial charge < -0.3 is 11.1 Å². The number of rotatable bonds is 6. The summed E-state index contributed by atoms with van der Waals surface area (Å²) in [6.45, 7) is 5.36. The number of ketones is 1. The molecule has 0 aliphatic heterocycles. The molecular formula is C9H19N3O2. The molecule has 0 aliphatic rings. The van der Waals surface area contributed by atoms with Crippen LogP contribution in [-0.2, 0) is 9.59 Å². The number of Topliss-reactive ketones (excluding diaryl/α,β-unsaturated/α-hetero) is 1. The van der Waals surface area contributed by atoms with Crippen LogP contribution in [0.2, 0.25) is 0 Å². The average molecular weight is 201 g/mol. The summed E-state index contributed by atoms with van der Waals surface area (Å²) in [5.74, 6) is -0.469. The van der Waals surface area contributed by atoms with Gasteiger partial charge in [-0.1, -0.05) is 0 Å². The third-order valence-electron chi connectivity index (χ3n) is 2.04. The predicted octanol–water partition coefficient (Wildman–Crippen LogP) is -0.983. The van der Waals surface area contributed by atoms with Gasteiger partial charge in [0.15, 0.2) is 5.78 Å². The second-order valence-corrected chi connectivity index (χ2v) is 3.85. The van der Waals surface area contributed by atoms with Crippen molar-refractivity contribution >= 4 is 11.7 Å². The standard InChI is InChI=1S/C9H19N3O2/c1-6(8(10)14)12-9(2,3)7(13)5-11-4/h6,11-12H,5H2,1-4H3,(H2,10,14). The van der Waals surface area contributed by atoms with Crippen molar-refractivity contribution in [1.82, 2.24) is 10.6 Å². The number of carbonyl (C=O) groups is 2. The number of carbonyl (C=O) groups excluding carboxylic acids is 2. The second kappa shape index (κ2) is 5.07. The van der Waals surface area contributed by atoms with E-state index in [4.69, 9.17) is 5.73 Å². The van der Waals surface area contributed by atoms with Crippen LogP contribution in [-0.4, -0.2) is 36.9 Å². The molecule has 0 aromatic carbocycles. The van der Waals surface area contributed by atoms with E-state index in [2.05, 4.69) is 10.6 Å². The predicted molar refractivity (Wildman–Crippen MR) is 54.8 cm³/mol. The number of hydrogen-bond donors (Lipinski definition) is 3. The van der Waals surface area contributed by atoms with Crippen LogP contribution in [0.1, 0.15) is 20.8 Å². The fourth-order valence-corrected chi connectivity index (χ4v) is 1.07. The molecule has 0 bridgehead atoms. The fraction of sp³-hybridized carbons (Fsp3) is 0.778. The first-order valence-electron chi connectivity index (χ1n) is 4.56.